The van der Waals surface area contributed by atoms with Crippen LogP contribution in [-0.2, 0) is 16.0 Å². The van der Waals surface area contributed by atoms with Crippen molar-refractivity contribution in [3.8, 4) is 0 Å². The highest BCUT2D eigenvalue weighted by molar-refractivity contribution is 7.09. The number of rotatable bonds is 6. The quantitative estimate of drug-likeness (QED) is 0.624. The van der Waals surface area contributed by atoms with Crippen molar-refractivity contribution in [1.82, 2.24) is 4.90 Å². The highest BCUT2D eigenvalue weighted by Crippen LogP contribution is 2.27. The van der Waals surface area contributed by atoms with Gasteiger partial charge in [-0.3, -0.25) is 9.69 Å². The summed E-state index contributed by atoms with van der Waals surface area (Å²) in [5, 5.41) is 12.6. The Kier molecular flexibility index (Phi) is 4.74. The Hall–Kier alpha value is -0.910. The second kappa shape index (κ2) is 6.31. The Morgan fingerprint density at radius 3 is 2.89 bits per heavy atom. The number of nitrogens with zero attached hydrogens (tertiary/aromatic N) is 1. The van der Waals surface area contributed by atoms with E-state index in [-0.39, 0.29) is 0 Å². The number of carbonyl (C=O) groups excluding carboxylic acids is 1. The molecule has 18 heavy (non-hydrogen) atoms. The third kappa shape index (κ3) is 3.80. The molecule has 1 aliphatic rings. The van der Waals surface area contributed by atoms with Crippen LogP contribution < -0.4 is 0 Å². The van der Waals surface area contributed by atoms with Crippen molar-refractivity contribution in [2.45, 2.75) is 24.9 Å². The lowest BCUT2D eigenvalue weighted by molar-refractivity contribution is -0.129. The topological polar surface area (TPSA) is 49.8 Å². The van der Waals surface area contributed by atoms with Crippen LogP contribution in [0.15, 0.2) is 17.5 Å². The lowest BCUT2D eigenvalue weighted by Crippen LogP contribution is -2.46. The summed E-state index contributed by atoms with van der Waals surface area (Å²) in [5.74, 6) is 0. The smallest absolute Gasteiger partial charge is 0.293 e. The van der Waals surface area contributed by atoms with Crippen LogP contribution in [0, 0.1) is 0 Å². The standard InChI is InChI=1S/C13H19NO3S/c15-11-17-8-7-14-5-3-13(16,4-6-14)10-12-2-1-9-18-12/h1-2,9,11,16H,3-8,10H2. The van der Waals surface area contributed by atoms with Gasteiger partial charge in [0.1, 0.15) is 6.61 Å². The average molecular weight is 269 g/mol. The van der Waals surface area contributed by atoms with Crippen LogP contribution in [0.3, 0.4) is 0 Å². The van der Waals surface area contributed by atoms with Crippen molar-refractivity contribution in [2.24, 2.45) is 0 Å². The molecule has 1 saturated heterocycles. The zero-order valence-electron chi connectivity index (χ0n) is 10.4. The van der Waals surface area contributed by atoms with E-state index in [9.17, 15) is 9.90 Å². The molecule has 1 aromatic heterocycles. The maximum absolute atomic E-state index is 10.5. The van der Waals surface area contributed by atoms with Gasteiger partial charge in [0, 0.05) is 30.9 Å². The van der Waals surface area contributed by atoms with Crippen molar-refractivity contribution in [3.63, 3.8) is 0 Å². The third-order valence-corrected chi connectivity index (χ3v) is 4.34. The maximum atomic E-state index is 10.5. The second-order valence-electron chi connectivity index (χ2n) is 4.79. The number of piperidine rings is 1. The second-order valence-corrected chi connectivity index (χ2v) is 5.82. The van der Waals surface area contributed by atoms with Gasteiger partial charge in [-0.25, -0.2) is 0 Å². The SMILES string of the molecule is O=COCCN1CCC(O)(Cc2cccs2)CC1. The summed E-state index contributed by atoms with van der Waals surface area (Å²) >= 11 is 1.70. The molecule has 0 bridgehead atoms. The van der Waals surface area contributed by atoms with Gasteiger partial charge in [0.2, 0.25) is 0 Å². The van der Waals surface area contributed by atoms with Crippen molar-refractivity contribution in [3.05, 3.63) is 22.4 Å². The van der Waals surface area contributed by atoms with E-state index in [4.69, 9.17) is 4.74 Å². The summed E-state index contributed by atoms with van der Waals surface area (Å²) in [5.41, 5.74) is -0.563. The first kappa shape index (κ1) is 13.5. The van der Waals surface area contributed by atoms with E-state index in [1.54, 1.807) is 11.3 Å². The van der Waals surface area contributed by atoms with Crippen LogP contribution in [0.2, 0.25) is 0 Å². The third-order valence-electron chi connectivity index (χ3n) is 3.46. The molecule has 4 nitrogen and oxygen atoms in total. The van der Waals surface area contributed by atoms with E-state index in [1.807, 2.05) is 11.4 Å². The van der Waals surface area contributed by atoms with Crippen LogP contribution in [-0.4, -0.2) is 48.3 Å². The normalized spacial score (nSPS) is 19.6. The fraction of sp³-hybridized carbons (Fsp3) is 0.615. The van der Waals surface area contributed by atoms with Gasteiger partial charge in [0.25, 0.3) is 6.47 Å². The highest BCUT2D eigenvalue weighted by Gasteiger charge is 2.32. The molecule has 1 aliphatic heterocycles. The van der Waals surface area contributed by atoms with E-state index in [2.05, 4.69) is 11.0 Å². The van der Waals surface area contributed by atoms with Gasteiger partial charge < -0.3 is 9.84 Å². The van der Waals surface area contributed by atoms with Crippen LogP contribution >= 0.6 is 11.3 Å². The van der Waals surface area contributed by atoms with Crippen LogP contribution in [0.5, 0.6) is 0 Å². The molecule has 0 atom stereocenters. The summed E-state index contributed by atoms with van der Waals surface area (Å²) in [7, 11) is 0. The molecule has 1 N–H and O–H groups in total. The first-order valence-corrected chi connectivity index (χ1v) is 7.12. The van der Waals surface area contributed by atoms with Gasteiger partial charge in [0.05, 0.1) is 5.60 Å². The maximum Gasteiger partial charge on any atom is 0.293 e. The molecule has 0 aromatic carbocycles. The summed E-state index contributed by atoms with van der Waals surface area (Å²) in [4.78, 5) is 13.5. The molecule has 0 unspecified atom stereocenters. The van der Waals surface area contributed by atoms with Crippen molar-refractivity contribution >= 4 is 17.8 Å². The lowest BCUT2D eigenvalue weighted by atomic mass is 9.87. The van der Waals surface area contributed by atoms with Gasteiger partial charge in [-0.05, 0) is 24.3 Å². The largest absolute Gasteiger partial charge is 0.467 e. The van der Waals surface area contributed by atoms with E-state index in [1.165, 1.54) is 4.88 Å². The van der Waals surface area contributed by atoms with Crippen LogP contribution in [0.4, 0.5) is 0 Å². The minimum atomic E-state index is -0.563. The fourth-order valence-electron chi connectivity index (χ4n) is 2.34. The molecule has 1 aromatic rings. The molecule has 0 amide bonds. The number of likely N-dealkylation sites (tertiary alicyclic amines) is 1. The van der Waals surface area contributed by atoms with Crippen molar-refractivity contribution in [1.29, 1.82) is 0 Å². The summed E-state index contributed by atoms with van der Waals surface area (Å²) < 4.78 is 4.69. The molecule has 0 spiro atoms. The molecular weight excluding hydrogens is 250 g/mol. The predicted molar refractivity (Wildman–Crippen MR) is 70.7 cm³/mol. The Balaban J connectivity index is 1.76. The van der Waals surface area contributed by atoms with Gasteiger partial charge in [-0.15, -0.1) is 11.3 Å². The zero-order chi connectivity index (χ0) is 12.8. The first-order chi connectivity index (χ1) is 8.72. The molecule has 100 valence electrons. The Bertz CT molecular complexity index is 358. The summed E-state index contributed by atoms with van der Waals surface area (Å²) in [6, 6.07) is 4.10. The Labute approximate surface area is 111 Å². The minimum absolute atomic E-state index is 0.437. The number of carbonyl (C=O) groups is 1. The Morgan fingerprint density at radius 2 is 2.28 bits per heavy atom. The highest BCUT2D eigenvalue weighted by atomic mass is 32.1. The summed E-state index contributed by atoms with van der Waals surface area (Å²) in [6.07, 6.45) is 2.32. The van der Waals surface area contributed by atoms with Gasteiger partial charge in [-0.1, -0.05) is 6.07 Å². The fourth-order valence-corrected chi connectivity index (χ4v) is 3.18. The Morgan fingerprint density at radius 1 is 1.50 bits per heavy atom. The van der Waals surface area contributed by atoms with Gasteiger partial charge in [0.15, 0.2) is 0 Å². The molecule has 0 radical (unpaired) electrons. The monoisotopic (exact) mass is 269 g/mol. The molecule has 1 fully saturated rings. The molecule has 0 aliphatic carbocycles. The van der Waals surface area contributed by atoms with E-state index in [0.717, 1.165) is 38.9 Å². The lowest BCUT2D eigenvalue weighted by Gasteiger charge is -2.37. The minimum Gasteiger partial charge on any atom is -0.467 e. The van der Waals surface area contributed by atoms with Gasteiger partial charge >= 0.3 is 0 Å². The molecule has 5 heteroatoms. The molecular formula is C13H19NO3S. The van der Waals surface area contributed by atoms with Crippen molar-refractivity contribution in [2.75, 3.05) is 26.2 Å². The first-order valence-electron chi connectivity index (χ1n) is 6.24. The number of hydrogen-bond acceptors (Lipinski definition) is 5. The van der Waals surface area contributed by atoms with Gasteiger partial charge in [-0.2, -0.15) is 0 Å². The summed E-state index contributed by atoms with van der Waals surface area (Å²) in [6.45, 7) is 3.41. The van der Waals surface area contributed by atoms with Crippen LogP contribution in [0.25, 0.3) is 0 Å². The van der Waals surface area contributed by atoms with Crippen LogP contribution in [0.1, 0.15) is 17.7 Å². The molecule has 2 heterocycles. The molecule has 2 rings (SSSR count). The molecule has 0 saturated carbocycles. The average Bonchev–Trinajstić information content (AvgIpc) is 2.85. The van der Waals surface area contributed by atoms with E-state index in [0.29, 0.717) is 13.1 Å². The van der Waals surface area contributed by atoms with E-state index < -0.39 is 5.60 Å². The number of thiophene rings is 1. The van der Waals surface area contributed by atoms with E-state index >= 15 is 0 Å². The zero-order valence-corrected chi connectivity index (χ0v) is 11.2. The number of hydrogen-bond donors (Lipinski definition) is 1. The number of ether oxygens (including phenoxy) is 1. The number of aliphatic hydroxyl groups is 1. The van der Waals surface area contributed by atoms with Crippen molar-refractivity contribution < 1.29 is 14.6 Å². The predicted octanol–water partition coefficient (Wildman–Crippen LogP) is 1.29.